The average molecular weight is 375 g/mol. The lowest BCUT2D eigenvalue weighted by molar-refractivity contribution is -0.142. The molecule has 1 aromatic carbocycles. The molecule has 0 saturated carbocycles. The molecule has 0 bridgehead atoms. The summed E-state index contributed by atoms with van der Waals surface area (Å²) in [6.07, 6.45) is 1.80. The summed E-state index contributed by atoms with van der Waals surface area (Å²) < 4.78 is 17.7. The van der Waals surface area contributed by atoms with Crippen molar-refractivity contribution in [2.24, 2.45) is 0 Å². The Labute approximate surface area is 156 Å². The summed E-state index contributed by atoms with van der Waals surface area (Å²) in [5.41, 5.74) is 2.76. The number of aromatic nitrogens is 2. The Morgan fingerprint density at radius 1 is 1.19 bits per heavy atom. The Hall–Kier alpha value is -2.73. The smallest absolute Gasteiger partial charge is 0.311 e. The molecule has 0 fully saturated rings. The highest BCUT2D eigenvalue weighted by atomic mass is 35.5. The first-order chi connectivity index (χ1) is 12.6. The number of imidazole rings is 1. The fraction of sp³-hybridized carbons (Fsp3) is 0.263. The highest BCUT2D eigenvalue weighted by Crippen LogP contribution is 2.35. The highest BCUT2D eigenvalue weighted by Gasteiger charge is 2.21. The molecule has 2 heterocycles. The van der Waals surface area contributed by atoms with Crippen LogP contribution in [0.15, 0.2) is 36.5 Å². The number of methoxy groups -OCH3 is 2. The monoisotopic (exact) mass is 374 g/mol. The van der Waals surface area contributed by atoms with E-state index in [-0.39, 0.29) is 12.4 Å². The molecule has 3 rings (SSSR count). The summed E-state index contributed by atoms with van der Waals surface area (Å²) >= 11 is 6.14. The maximum Gasteiger partial charge on any atom is 0.311 e. The second kappa shape index (κ2) is 7.66. The predicted molar refractivity (Wildman–Crippen MR) is 99.1 cm³/mol. The van der Waals surface area contributed by atoms with E-state index in [1.807, 2.05) is 12.1 Å². The van der Waals surface area contributed by atoms with E-state index in [1.165, 1.54) is 0 Å². The number of carbonyl (C=O) groups excluding carboxylic acids is 1. The largest absolute Gasteiger partial charge is 0.497 e. The second-order valence-electron chi connectivity index (χ2n) is 5.53. The van der Waals surface area contributed by atoms with Crippen LogP contribution >= 0.6 is 11.6 Å². The van der Waals surface area contributed by atoms with Gasteiger partial charge in [0.25, 0.3) is 0 Å². The summed E-state index contributed by atoms with van der Waals surface area (Å²) in [5.74, 6) is 0.941. The number of hydrogen-bond acceptors (Lipinski definition) is 5. The van der Waals surface area contributed by atoms with Gasteiger partial charge in [0, 0.05) is 17.8 Å². The van der Waals surface area contributed by atoms with E-state index in [2.05, 4.69) is 4.98 Å². The Kier molecular flexibility index (Phi) is 5.32. The molecule has 0 radical (unpaired) electrons. The van der Waals surface area contributed by atoms with Crippen LogP contribution in [0.5, 0.6) is 11.5 Å². The molecule has 0 N–H and O–H groups in total. The summed E-state index contributed by atoms with van der Waals surface area (Å²) in [4.78, 5) is 16.8. The SMILES string of the molecule is CCOC(=O)Cc1c(-c2ccc(OC)cc2OC)nc2ccc(Cl)cn12. The zero-order chi connectivity index (χ0) is 18.7. The lowest BCUT2D eigenvalue weighted by Gasteiger charge is -2.11. The molecular weight excluding hydrogens is 356 g/mol. The van der Waals surface area contributed by atoms with Gasteiger partial charge >= 0.3 is 5.97 Å². The zero-order valence-corrected chi connectivity index (χ0v) is 15.5. The van der Waals surface area contributed by atoms with Crippen molar-refractivity contribution in [2.75, 3.05) is 20.8 Å². The molecule has 0 unspecified atom stereocenters. The van der Waals surface area contributed by atoms with Gasteiger partial charge in [-0.3, -0.25) is 4.79 Å². The van der Waals surface area contributed by atoms with E-state index in [1.54, 1.807) is 49.9 Å². The Bertz CT molecular complexity index is 952. The quantitative estimate of drug-likeness (QED) is 0.614. The van der Waals surface area contributed by atoms with E-state index in [9.17, 15) is 4.79 Å². The Morgan fingerprint density at radius 3 is 2.69 bits per heavy atom. The number of carbonyl (C=O) groups is 1. The number of halogens is 1. The van der Waals surface area contributed by atoms with Crippen LogP contribution < -0.4 is 9.47 Å². The van der Waals surface area contributed by atoms with Gasteiger partial charge in [-0.1, -0.05) is 11.6 Å². The third kappa shape index (κ3) is 3.46. The molecule has 0 spiro atoms. The van der Waals surface area contributed by atoms with Crippen LogP contribution in [0.4, 0.5) is 0 Å². The summed E-state index contributed by atoms with van der Waals surface area (Å²) in [6, 6.07) is 9.02. The predicted octanol–water partition coefficient (Wildman–Crippen LogP) is 3.78. The summed E-state index contributed by atoms with van der Waals surface area (Å²) in [5, 5.41) is 0.549. The molecule has 2 aromatic heterocycles. The van der Waals surface area contributed by atoms with Gasteiger partial charge in [-0.05, 0) is 31.2 Å². The van der Waals surface area contributed by atoms with Gasteiger partial charge in [0.05, 0.1) is 43.7 Å². The molecule has 26 heavy (non-hydrogen) atoms. The molecule has 136 valence electrons. The Morgan fingerprint density at radius 2 is 2.00 bits per heavy atom. The first kappa shape index (κ1) is 18.1. The zero-order valence-electron chi connectivity index (χ0n) is 14.8. The third-order valence-corrected chi connectivity index (χ3v) is 4.19. The standard InChI is InChI=1S/C19H19ClN2O4/c1-4-26-18(23)10-15-19(21-17-8-5-12(20)11-22(15)17)14-7-6-13(24-2)9-16(14)25-3/h5-9,11H,4,10H2,1-3H3. The molecule has 0 aliphatic carbocycles. The Balaban J connectivity index is 2.20. The van der Waals surface area contributed by atoms with Crippen molar-refractivity contribution >= 4 is 23.2 Å². The summed E-state index contributed by atoms with van der Waals surface area (Å²) in [6.45, 7) is 2.09. The van der Waals surface area contributed by atoms with E-state index in [0.717, 1.165) is 5.56 Å². The average Bonchev–Trinajstić information content (AvgIpc) is 2.98. The van der Waals surface area contributed by atoms with Crippen LogP contribution in [0.3, 0.4) is 0 Å². The van der Waals surface area contributed by atoms with Gasteiger partial charge < -0.3 is 18.6 Å². The molecule has 0 aliphatic heterocycles. The fourth-order valence-electron chi connectivity index (χ4n) is 2.79. The van der Waals surface area contributed by atoms with Crippen molar-refractivity contribution < 1.29 is 19.0 Å². The van der Waals surface area contributed by atoms with Gasteiger partial charge in [0.15, 0.2) is 0 Å². The van der Waals surface area contributed by atoms with Crippen LogP contribution in [0.1, 0.15) is 12.6 Å². The lowest BCUT2D eigenvalue weighted by Crippen LogP contribution is -2.10. The molecular formula is C19H19ClN2O4. The molecule has 0 amide bonds. The van der Waals surface area contributed by atoms with Gasteiger partial charge in [-0.15, -0.1) is 0 Å². The van der Waals surface area contributed by atoms with Gasteiger partial charge in [-0.25, -0.2) is 4.98 Å². The van der Waals surface area contributed by atoms with Crippen molar-refractivity contribution in [3.8, 4) is 22.8 Å². The number of esters is 1. The van der Waals surface area contributed by atoms with Crippen molar-refractivity contribution in [2.45, 2.75) is 13.3 Å². The molecule has 0 aliphatic rings. The van der Waals surface area contributed by atoms with Crippen LogP contribution in [-0.4, -0.2) is 36.2 Å². The maximum absolute atomic E-state index is 12.1. The van der Waals surface area contributed by atoms with E-state index in [0.29, 0.717) is 40.2 Å². The minimum absolute atomic E-state index is 0.0693. The van der Waals surface area contributed by atoms with Crippen LogP contribution in [0.25, 0.3) is 16.9 Å². The molecule has 6 nitrogen and oxygen atoms in total. The number of fused-ring (bicyclic) bond motifs is 1. The highest BCUT2D eigenvalue weighted by molar-refractivity contribution is 6.30. The molecule has 7 heteroatoms. The van der Waals surface area contributed by atoms with Crippen molar-refractivity contribution in [3.63, 3.8) is 0 Å². The maximum atomic E-state index is 12.1. The fourth-order valence-corrected chi connectivity index (χ4v) is 2.96. The number of pyridine rings is 1. The van der Waals surface area contributed by atoms with Crippen molar-refractivity contribution in [3.05, 3.63) is 47.2 Å². The van der Waals surface area contributed by atoms with Gasteiger partial charge in [0.2, 0.25) is 0 Å². The minimum Gasteiger partial charge on any atom is -0.497 e. The van der Waals surface area contributed by atoms with Crippen LogP contribution in [0, 0.1) is 0 Å². The number of benzene rings is 1. The first-order valence-electron chi connectivity index (χ1n) is 8.11. The third-order valence-electron chi connectivity index (χ3n) is 3.96. The number of nitrogens with zero attached hydrogens (tertiary/aromatic N) is 2. The lowest BCUT2D eigenvalue weighted by atomic mass is 10.1. The topological polar surface area (TPSA) is 62.1 Å². The molecule has 0 saturated heterocycles. The number of hydrogen-bond donors (Lipinski definition) is 0. The van der Waals surface area contributed by atoms with Gasteiger partial charge in [0.1, 0.15) is 17.1 Å². The number of rotatable bonds is 6. The van der Waals surface area contributed by atoms with Crippen molar-refractivity contribution in [1.29, 1.82) is 0 Å². The normalized spacial score (nSPS) is 10.8. The van der Waals surface area contributed by atoms with E-state index < -0.39 is 0 Å². The molecule has 0 atom stereocenters. The van der Waals surface area contributed by atoms with E-state index in [4.69, 9.17) is 25.8 Å². The van der Waals surface area contributed by atoms with Crippen LogP contribution in [-0.2, 0) is 16.0 Å². The summed E-state index contributed by atoms with van der Waals surface area (Å²) in [7, 11) is 3.17. The first-order valence-corrected chi connectivity index (χ1v) is 8.49. The van der Waals surface area contributed by atoms with Gasteiger partial charge in [-0.2, -0.15) is 0 Å². The second-order valence-corrected chi connectivity index (χ2v) is 5.97. The number of ether oxygens (including phenoxy) is 3. The van der Waals surface area contributed by atoms with E-state index >= 15 is 0 Å². The molecule has 3 aromatic rings. The minimum atomic E-state index is -0.331. The van der Waals surface area contributed by atoms with Crippen LogP contribution in [0.2, 0.25) is 5.02 Å². The van der Waals surface area contributed by atoms with Crippen molar-refractivity contribution in [1.82, 2.24) is 9.38 Å².